The standard InChI is InChI=1S/C17H18N2S/c1-11(2)16-15(12-7-4-3-5-8-12)18-17-19(16)13-9-6-10-14(13)20-17/h3-5,7-8,11H,6,9-10H2,1-2H3. The molecule has 0 saturated carbocycles. The third-order valence-electron chi connectivity index (χ3n) is 4.10. The number of imidazole rings is 1. The zero-order valence-electron chi connectivity index (χ0n) is 11.9. The Balaban J connectivity index is 2.03. The topological polar surface area (TPSA) is 17.3 Å². The Kier molecular flexibility index (Phi) is 2.71. The number of thiazole rings is 1. The first kappa shape index (κ1) is 12.2. The zero-order valence-corrected chi connectivity index (χ0v) is 12.7. The molecule has 0 bridgehead atoms. The summed E-state index contributed by atoms with van der Waals surface area (Å²) in [6.45, 7) is 4.55. The van der Waals surface area contributed by atoms with E-state index in [0.29, 0.717) is 5.92 Å². The predicted molar refractivity (Wildman–Crippen MR) is 84.6 cm³/mol. The van der Waals surface area contributed by atoms with E-state index in [1.165, 1.54) is 46.9 Å². The van der Waals surface area contributed by atoms with Crippen LogP contribution in [-0.4, -0.2) is 9.38 Å². The number of rotatable bonds is 2. The summed E-state index contributed by atoms with van der Waals surface area (Å²) in [5.74, 6) is 0.486. The molecule has 0 unspecified atom stereocenters. The average molecular weight is 282 g/mol. The van der Waals surface area contributed by atoms with Gasteiger partial charge in [0.05, 0.1) is 11.4 Å². The summed E-state index contributed by atoms with van der Waals surface area (Å²) in [4.78, 5) is 7.68. The molecule has 0 radical (unpaired) electrons. The maximum Gasteiger partial charge on any atom is 0.194 e. The number of hydrogen-bond donors (Lipinski definition) is 0. The van der Waals surface area contributed by atoms with Crippen molar-refractivity contribution in [1.82, 2.24) is 9.38 Å². The van der Waals surface area contributed by atoms with Gasteiger partial charge in [-0.25, -0.2) is 4.98 Å². The van der Waals surface area contributed by atoms with Crippen molar-refractivity contribution in [3.63, 3.8) is 0 Å². The monoisotopic (exact) mass is 282 g/mol. The van der Waals surface area contributed by atoms with Crippen molar-refractivity contribution in [2.24, 2.45) is 0 Å². The van der Waals surface area contributed by atoms with Crippen LogP contribution in [0.2, 0.25) is 0 Å². The van der Waals surface area contributed by atoms with Gasteiger partial charge in [0.25, 0.3) is 0 Å². The summed E-state index contributed by atoms with van der Waals surface area (Å²) < 4.78 is 2.44. The number of aryl methyl sites for hydroxylation is 2. The minimum Gasteiger partial charge on any atom is -0.290 e. The van der Waals surface area contributed by atoms with Gasteiger partial charge in [0.2, 0.25) is 0 Å². The Hall–Kier alpha value is -1.61. The van der Waals surface area contributed by atoms with Crippen LogP contribution in [0, 0.1) is 0 Å². The van der Waals surface area contributed by atoms with Crippen LogP contribution in [0.15, 0.2) is 30.3 Å². The number of nitrogens with zero attached hydrogens (tertiary/aromatic N) is 2. The molecule has 3 heteroatoms. The molecule has 0 amide bonds. The fraction of sp³-hybridized carbons (Fsp3) is 0.353. The summed E-state index contributed by atoms with van der Waals surface area (Å²) in [7, 11) is 0. The highest BCUT2D eigenvalue weighted by molar-refractivity contribution is 7.17. The Morgan fingerprint density at radius 2 is 1.95 bits per heavy atom. The quantitative estimate of drug-likeness (QED) is 0.667. The van der Waals surface area contributed by atoms with Crippen molar-refractivity contribution in [2.75, 3.05) is 0 Å². The molecule has 4 rings (SSSR count). The van der Waals surface area contributed by atoms with Gasteiger partial charge in [0, 0.05) is 16.1 Å². The molecule has 102 valence electrons. The molecule has 0 aliphatic heterocycles. The molecular weight excluding hydrogens is 264 g/mol. The smallest absolute Gasteiger partial charge is 0.194 e. The number of fused-ring (bicyclic) bond motifs is 3. The normalized spacial score (nSPS) is 14.3. The second-order valence-electron chi connectivity index (χ2n) is 5.81. The van der Waals surface area contributed by atoms with E-state index in [2.05, 4.69) is 48.6 Å². The molecule has 2 nitrogen and oxygen atoms in total. The first-order chi connectivity index (χ1) is 9.75. The van der Waals surface area contributed by atoms with Gasteiger partial charge in [0.15, 0.2) is 4.96 Å². The largest absolute Gasteiger partial charge is 0.290 e. The minimum atomic E-state index is 0.486. The van der Waals surface area contributed by atoms with Crippen molar-refractivity contribution in [3.8, 4) is 11.3 Å². The van der Waals surface area contributed by atoms with Gasteiger partial charge in [-0.2, -0.15) is 0 Å². The lowest BCUT2D eigenvalue weighted by Crippen LogP contribution is -1.99. The second kappa shape index (κ2) is 4.45. The molecular formula is C17H18N2S. The lowest BCUT2D eigenvalue weighted by Gasteiger charge is -2.09. The lowest BCUT2D eigenvalue weighted by molar-refractivity contribution is 0.791. The molecule has 20 heavy (non-hydrogen) atoms. The second-order valence-corrected chi connectivity index (χ2v) is 6.87. The summed E-state index contributed by atoms with van der Waals surface area (Å²) in [5.41, 5.74) is 5.30. The van der Waals surface area contributed by atoms with E-state index in [9.17, 15) is 0 Å². The predicted octanol–water partition coefficient (Wildman–Crippen LogP) is 4.67. The lowest BCUT2D eigenvalue weighted by atomic mass is 10.0. The molecule has 0 N–H and O–H groups in total. The van der Waals surface area contributed by atoms with Crippen LogP contribution in [0.3, 0.4) is 0 Å². The minimum absolute atomic E-state index is 0.486. The maximum atomic E-state index is 4.95. The summed E-state index contributed by atoms with van der Waals surface area (Å²) >= 11 is 1.89. The van der Waals surface area contributed by atoms with Gasteiger partial charge in [-0.05, 0) is 25.2 Å². The van der Waals surface area contributed by atoms with Crippen LogP contribution in [0.5, 0.6) is 0 Å². The molecule has 1 aromatic carbocycles. The Bertz CT molecular complexity index is 765. The summed E-state index contributed by atoms with van der Waals surface area (Å²) in [5, 5.41) is 0. The number of hydrogen-bond acceptors (Lipinski definition) is 2. The number of benzene rings is 1. The molecule has 0 saturated heterocycles. The van der Waals surface area contributed by atoms with Crippen LogP contribution >= 0.6 is 11.3 Å². The van der Waals surface area contributed by atoms with Crippen molar-refractivity contribution >= 4 is 16.3 Å². The molecule has 0 spiro atoms. The van der Waals surface area contributed by atoms with Crippen LogP contribution in [0.1, 0.15) is 42.5 Å². The highest BCUT2D eigenvalue weighted by atomic mass is 32.1. The Morgan fingerprint density at radius 1 is 1.15 bits per heavy atom. The summed E-state index contributed by atoms with van der Waals surface area (Å²) in [6, 6.07) is 10.6. The third-order valence-corrected chi connectivity index (χ3v) is 5.24. The molecule has 3 aromatic rings. The number of aromatic nitrogens is 2. The van der Waals surface area contributed by atoms with Crippen LogP contribution in [0.4, 0.5) is 0 Å². The van der Waals surface area contributed by atoms with E-state index >= 15 is 0 Å². The Morgan fingerprint density at radius 3 is 2.70 bits per heavy atom. The van der Waals surface area contributed by atoms with Crippen LogP contribution < -0.4 is 0 Å². The molecule has 1 aliphatic carbocycles. The average Bonchev–Trinajstić information content (AvgIpc) is 3.08. The molecule has 1 aliphatic rings. The maximum absolute atomic E-state index is 4.95. The highest BCUT2D eigenvalue weighted by Crippen LogP contribution is 2.38. The van der Waals surface area contributed by atoms with Gasteiger partial charge in [-0.1, -0.05) is 44.2 Å². The third kappa shape index (κ3) is 1.66. The summed E-state index contributed by atoms with van der Waals surface area (Å²) in [6.07, 6.45) is 3.74. The molecule has 0 atom stereocenters. The van der Waals surface area contributed by atoms with E-state index in [1.807, 2.05) is 11.3 Å². The van der Waals surface area contributed by atoms with E-state index in [1.54, 1.807) is 4.88 Å². The first-order valence-electron chi connectivity index (χ1n) is 7.34. The molecule has 2 aromatic heterocycles. The van der Waals surface area contributed by atoms with E-state index in [0.717, 1.165) is 0 Å². The molecule has 2 heterocycles. The van der Waals surface area contributed by atoms with Crippen LogP contribution in [-0.2, 0) is 12.8 Å². The van der Waals surface area contributed by atoms with Gasteiger partial charge in [-0.3, -0.25) is 4.40 Å². The van der Waals surface area contributed by atoms with Crippen molar-refractivity contribution < 1.29 is 0 Å². The van der Waals surface area contributed by atoms with Gasteiger partial charge in [-0.15, -0.1) is 11.3 Å². The highest BCUT2D eigenvalue weighted by Gasteiger charge is 2.25. The van der Waals surface area contributed by atoms with E-state index < -0.39 is 0 Å². The molecule has 0 fully saturated rings. The van der Waals surface area contributed by atoms with E-state index in [4.69, 9.17) is 4.98 Å². The SMILES string of the molecule is CC(C)c1c(-c2ccccc2)nc2sc3c(n12)CCC3. The zero-order chi connectivity index (χ0) is 13.7. The Labute approximate surface area is 123 Å². The van der Waals surface area contributed by atoms with Gasteiger partial charge >= 0.3 is 0 Å². The fourth-order valence-corrected chi connectivity index (χ4v) is 4.45. The van der Waals surface area contributed by atoms with Crippen molar-refractivity contribution in [3.05, 3.63) is 46.6 Å². The fourth-order valence-electron chi connectivity index (χ4n) is 3.24. The van der Waals surface area contributed by atoms with Gasteiger partial charge < -0.3 is 0 Å². The van der Waals surface area contributed by atoms with Crippen LogP contribution in [0.25, 0.3) is 16.2 Å². The first-order valence-corrected chi connectivity index (χ1v) is 8.15. The van der Waals surface area contributed by atoms with Crippen molar-refractivity contribution in [1.29, 1.82) is 0 Å². The van der Waals surface area contributed by atoms with E-state index in [-0.39, 0.29) is 0 Å². The van der Waals surface area contributed by atoms with Crippen molar-refractivity contribution in [2.45, 2.75) is 39.0 Å². The van der Waals surface area contributed by atoms with Gasteiger partial charge in [0.1, 0.15) is 0 Å².